The Hall–Kier alpha value is -2.33. The Morgan fingerprint density at radius 1 is 1.08 bits per heavy atom. The molecule has 1 heterocycles. The quantitative estimate of drug-likeness (QED) is 0.719. The number of nitrogen functional groups attached to an aromatic ring is 1. The smallest absolute Gasteiger partial charge is 0.220 e. The number of para-hydroxylation sites is 1. The Kier molecular flexibility index (Phi) is 6.67. The fourth-order valence-electron chi connectivity index (χ4n) is 3.57. The molecule has 2 aromatic rings. The first-order valence-electron chi connectivity index (χ1n) is 9.57. The summed E-state index contributed by atoms with van der Waals surface area (Å²) in [4.78, 5) is 14.6. The Labute approximate surface area is 156 Å². The number of nitrogens with one attached hydrogen (secondary N) is 1. The van der Waals surface area contributed by atoms with Crippen LogP contribution in [-0.2, 0) is 17.6 Å². The second-order valence-electron chi connectivity index (χ2n) is 7.19. The van der Waals surface area contributed by atoms with E-state index in [0.29, 0.717) is 18.8 Å². The number of aryl methyl sites for hydroxylation is 1. The van der Waals surface area contributed by atoms with Gasteiger partial charge in [-0.3, -0.25) is 4.79 Å². The molecule has 0 spiro atoms. The molecule has 1 atom stereocenters. The van der Waals surface area contributed by atoms with E-state index in [1.807, 2.05) is 24.3 Å². The molecule has 1 saturated heterocycles. The number of nitrogens with zero attached hydrogens (tertiary/aromatic N) is 1. The lowest BCUT2D eigenvalue weighted by Gasteiger charge is -2.16. The predicted molar refractivity (Wildman–Crippen MR) is 107 cm³/mol. The number of carbonyl (C=O) groups is 1. The van der Waals surface area contributed by atoms with Gasteiger partial charge in [0, 0.05) is 31.7 Å². The normalized spacial score (nSPS) is 17.3. The van der Waals surface area contributed by atoms with E-state index < -0.39 is 0 Å². The van der Waals surface area contributed by atoms with Crippen molar-refractivity contribution < 1.29 is 4.79 Å². The summed E-state index contributed by atoms with van der Waals surface area (Å²) in [6, 6.07) is 18.4. The van der Waals surface area contributed by atoms with Crippen molar-refractivity contribution in [3.8, 4) is 0 Å². The molecule has 138 valence electrons. The lowest BCUT2D eigenvalue weighted by atomic mass is 10.1. The van der Waals surface area contributed by atoms with Crippen molar-refractivity contribution in [1.29, 1.82) is 0 Å². The fraction of sp³-hybridized carbons (Fsp3) is 0.409. The second kappa shape index (κ2) is 9.39. The number of hydrogen-bond donors (Lipinski definition) is 2. The van der Waals surface area contributed by atoms with E-state index in [0.717, 1.165) is 43.9 Å². The number of hydrogen-bond acceptors (Lipinski definition) is 3. The van der Waals surface area contributed by atoms with Crippen molar-refractivity contribution in [1.82, 2.24) is 10.2 Å². The van der Waals surface area contributed by atoms with Crippen molar-refractivity contribution in [3.63, 3.8) is 0 Å². The van der Waals surface area contributed by atoms with E-state index in [1.54, 1.807) is 0 Å². The number of amides is 1. The fourth-order valence-corrected chi connectivity index (χ4v) is 3.57. The number of rotatable bonds is 8. The van der Waals surface area contributed by atoms with E-state index in [-0.39, 0.29) is 5.91 Å². The summed E-state index contributed by atoms with van der Waals surface area (Å²) in [6.45, 7) is 4.10. The van der Waals surface area contributed by atoms with Crippen molar-refractivity contribution in [2.75, 3.05) is 31.9 Å². The van der Waals surface area contributed by atoms with E-state index in [2.05, 4.69) is 40.5 Å². The maximum absolute atomic E-state index is 12.1. The van der Waals surface area contributed by atoms with Gasteiger partial charge in [-0.15, -0.1) is 0 Å². The summed E-state index contributed by atoms with van der Waals surface area (Å²) in [5, 5.41) is 3.10. The third-order valence-corrected chi connectivity index (χ3v) is 5.19. The summed E-state index contributed by atoms with van der Waals surface area (Å²) < 4.78 is 0. The van der Waals surface area contributed by atoms with E-state index in [4.69, 9.17) is 5.73 Å². The van der Waals surface area contributed by atoms with Crippen LogP contribution in [0, 0.1) is 5.92 Å². The minimum absolute atomic E-state index is 0.121. The average molecular weight is 351 g/mol. The Morgan fingerprint density at radius 3 is 2.65 bits per heavy atom. The zero-order valence-electron chi connectivity index (χ0n) is 15.4. The first-order chi connectivity index (χ1) is 12.7. The highest BCUT2D eigenvalue weighted by molar-refractivity contribution is 5.76. The van der Waals surface area contributed by atoms with E-state index >= 15 is 0 Å². The van der Waals surface area contributed by atoms with Crippen molar-refractivity contribution in [2.24, 2.45) is 5.92 Å². The highest BCUT2D eigenvalue weighted by Gasteiger charge is 2.22. The zero-order chi connectivity index (χ0) is 18.2. The third-order valence-electron chi connectivity index (χ3n) is 5.19. The summed E-state index contributed by atoms with van der Waals surface area (Å²) in [7, 11) is 0. The topological polar surface area (TPSA) is 58.4 Å². The van der Waals surface area contributed by atoms with Gasteiger partial charge in [0.15, 0.2) is 0 Å². The molecule has 0 aliphatic carbocycles. The van der Waals surface area contributed by atoms with Gasteiger partial charge >= 0.3 is 0 Å². The lowest BCUT2D eigenvalue weighted by molar-refractivity contribution is -0.121. The van der Waals surface area contributed by atoms with Crippen LogP contribution in [0.5, 0.6) is 0 Å². The summed E-state index contributed by atoms with van der Waals surface area (Å²) in [5.74, 6) is 0.688. The highest BCUT2D eigenvalue weighted by atomic mass is 16.1. The van der Waals surface area contributed by atoms with Crippen molar-refractivity contribution >= 4 is 11.6 Å². The molecule has 0 aromatic heterocycles. The number of nitrogens with two attached hydrogens (primary N) is 1. The number of carbonyl (C=O) groups excluding carboxylic acids is 1. The molecule has 1 unspecified atom stereocenters. The van der Waals surface area contributed by atoms with Crippen LogP contribution in [0.25, 0.3) is 0 Å². The van der Waals surface area contributed by atoms with E-state index in [9.17, 15) is 4.79 Å². The van der Waals surface area contributed by atoms with Gasteiger partial charge in [-0.25, -0.2) is 0 Å². The van der Waals surface area contributed by atoms with Crippen LogP contribution >= 0.6 is 0 Å². The summed E-state index contributed by atoms with van der Waals surface area (Å²) >= 11 is 0. The first-order valence-corrected chi connectivity index (χ1v) is 9.57. The molecule has 1 amide bonds. The van der Waals surface area contributed by atoms with Gasteiger partial charge in [0.2, 0.25) is 5.91 Å². The Morgan fingerprint density at radius 2 is 1.85 bits per heavy atom. The van der Waals surface area contributed by atoms with Crippen LogP contribution in [0.3, 0.4) is 0 Å². The standard InChI is InChI=1S/C22H29N3O/c23-21-9-5-4-8-20(21)10-11-22(26)24-16-19-13-15-25(17-19)14-12-18-6-2-1-3-7-18/h1-9,19H,10-17,23H2,(H,24,26). The van der Waals surface area contributed by atoms with Crippen LogP contribution in [0.2, 0.25) is 0 Å². The van der Waals surface area contributed by atoms with Crippen LogP contribution in [0.4, 0.5) is 5.69 Å². The summed E-state index contributed by atoms with van der Waals surface area (Å²) in [5.41, 5.74) is 9.14. The molecule has 1 aliphatic rings. The van der Waals surface area contributed by atoms with E-state index in [1.165, 1.54) is 12.0 Å². The maximum Gasteiger partial charge on any atom is 0.220 e. The van der Waals surface area contributed by atoms with Crippen LogP contribution in [-0.4, -0.2) is 37.0 Å². The monoisotopic (exact) mass is 351 g/mol. The molecule has 0 bridgehead atoms. The first kappa shape index (κ1) is 18.5. The summed E-state index contributed by atoms with van der Waals surface area (Å²) in [6.07, 6.45) is 3.46. The number of benzene rings is 2. The highest BCUT2D eigenvalue weighted by Crippen LogP contribution is 2.16. The van der Waals surface area contributed by atoms with Crippen LogP contribution in [0.1, 0.15) is 24.0 Å². The molecule has 4 nitrogen and oxygen atoms in total. The van der Waals surface area contributed by atoms with Crippen molar-refractivity contribution in [3.05, 3.63) is 65.7 Å². The molecular weight excluding hydrogens is 322 g/mol. The average Bonchev–Trinajstić information content (AvgIpc) is 3.13. The minimum atomic E-state index is 0.121. The van der Waals surface area contributed by atoms with Gasteiger partial charge < -0.3 is 16.0 Å². The molecule has 1 aliphatic heterocycles. The molecule has 3 rings (SSSR count). The zero-order valence-corrected chi connectivity index (χ0v) is 15.4. The van der Waals surface area contributed by atoms with Gasteiger partial charge in [0.1, 0.15) is 0 Å². The maximum atomic E-state index is 12.1. The molecule has 2 aromatic carbocycles. The number of anilines is 1. The van der Waals surface area contributed by atoms with Gasteiger partial charge in [0.05, 0.1) is 0 Å². The molecule has 3 N–H and O–H groups in total. The number of likely N-dealkylation sites (tertiary alicyclic amines) is 1. The SMILES string of the molecule is Nc1ccccc1CCC(=O)NCC1CCN(CCc2ccccc2)C1. The van der Waals surface area contributed by atoms with Gasteiger partial charge in [0.25, 0.3) is 0 Å². The largest absolute Gasteiger partial charge is 0.399 e. The minimum Gasteiger partial charge on any atom is -0.399 e. The lowest BCUT2D eigenvalue weighted by Crippen LogP contribution is -2.31. The van der Waals surface area contributed by atoms with Gasteiger partial charge in [-0.1, -0.05) is 48.5 Å². The molecular formula is C22H29N3O. The van der Waals surface area contributed by atoms with Crippen LogP contribution < -0.4 is 11.1 Å². The van der Waals surface area contributed by atoms with Crippen LogP contribution in [0.15, 0.2) is 54.6 Å². The van der Waals surface area contributed by atoms with Gasteiger partial charge in [-0.05, 0) is 48.9 Å². The molecule has 1 fully saturated rings. The molecule has 0 saturated carbocycles. The van der Waals surface area contributed by atoms with Crippen molar-refractivity contribution in [2.45, 2.75) is 25.7 Å². The Bertz CT molecular complexity index is 702. The second-order valence-corrected chi connectivity index (χ2v) is 7.19. The Balaban J connectivity index is 1.32. The molecule has 0 radical (unpaired) electrons. The third kappa shape index (κ3) is 5.60. The van der Waals surface area contributed by atoms with Gasteiger partial charge in [-0.2, -0.15) is 0 Å². The molecule has 4 heteroatoms. The predicted octanol–water partition coefficient (Wildman–Crippen LogP) is 2.88. The molecule has 26 heavy (non-hydrogen) atoms.